The molecule has 2 N–H and O–H groups in total. The molecule has 0 fully saturated rings. The average Bonchev–Trinajstić information content (AvgIpc) is 2.89. The van der Waals surface area contributed by atoms with Crippen LogP contribution in [0, 0.1) is 13.8 Å². The first kappa shape index (κ1) is 13.7. The summed E-state index contributed by atoms with van der Waals surface area (Å²) in [6, 6.07) is 10.1. The fraction of sp³-hybridized carbons (Fsp3) is 0.188. The van der Waals surface area contributed by atoms with Gasteiger partial charge in [-0.25, -0.2) is 15.0 Å². The number of hydrogen-bond donors (Lipinski definition) is 1. The van der Waals surface area contributed by atoms with Crippen molar-refractivity contribution in [2.45, 2.75) is 20.3 Å². The van der Waals surface area contributed by atoms with E-state index in [1.54, 1.807) is 11.3 Å². The molecule has 106 valence electrons. The Morgan fingerprint density at radius 1 is 1.05 bits per heavy atom. The van der Waals surface area contributed by atoms with Gasteiger partial charge in [0.2, 0.25) is 0 Å². The number of nitrogen functional groups attached to an aromatic ring is 1. The molecule has 0 aliphatic carbocycles. The molecular formula is C16H16N4S. The summed E-state index contributed by atoms with van der Waals surface area (Å²) < 4.78 is 0. The van der Waals surface area contributed by atoms with Gasteiger partial charge in [-0.05, 0) is 13.8 Å². The van der Waals surface area contributed by atoms with E-state index in [1.807, 2.05) is 49.6 Å². The number of benzene rings is 1. The van der Waals surface area contributed by atoms with E-state index in [0.29, 0.717) is 18.1 Å². The van der Waals surface area contributed by atoms with E-state index in [-0.39, 0.29) is 0 Å². The maximum atomic E-state index is 6.05. The van der Waals surface area contributed by atoms with Gasteiger partial charge in [-0.3, -0.25) is 0 Å². The highest BCUT2D eigenvalue weighted by atomic mass is 32.1. The van der Waals surface area contributed by atoms with Crippen LogP contribution in [0.2, 0.25) is 0 Å². The Labute approximate surface area is 127 Å². The van der Waals surface area contributed by atoms with Gasteiger partial charge in [0, 0.05) is 22.2 Å². The van der Waals surface area contributed by atoms with E-state index in [1.165, 1.54) is 0 Å². The number of nitrogens with two attached hydrogens (primary N) is 1. The number of hydrogen-bond acceptors (Lipinski definition) is 5. The molecule has 0 spiro atoms. The second kappa shape index (κ2) is 5.61. The summed E-state index contributed by atoms with van der Waals surface area (Å²) in [6.45, 7) is 3.94. The SMILES string of the molecule is Cc1csc(Cc2nc(N)c(C)c(-c3ccccc3)n2)n1. The van der Waals surface area contributed by atoms with Crippen LogP contribution in [0.3, 0.4) is 0 Å². The molecule has 0 saturated carbocycles. The van der Waals surface area contributed by atoms with E-state index in [4.69, 9.17) is 5.73 Å². The first-order chi connectivity index (χ1) is 10.1. The summed E-state index contributed by atoms with van der Waals surface area (Å²) in [5.41, 5.74) is 9.94. The van der Waals surface area contributed by atoms with Crippen molar-refractivity contribution < 1.29 is 0 Å². The standard InChI is InChI=1S/C16H16N4S/c1-10-9-21-14(18-10)8-13-19-15(11(2)16(17)20-13)12-6-4-3-5-7-12/h3-7,9H,8H2,1-2H3,(H2,17,19,20). The van der Waals surface area contributed by atoms with Gasteiger partial charge in [0.1, 0.15) is 16.6 Å². The molecule has 21 heavy (non-hydrogen) atoms. The van der Waals surface area contributed by atoms with E-state index in [9.17, 15) is 0 Å². The average molecular weight is 296 g/mol. The molecule has 0 unspecified atom stereocenters. The molecule has 2 heterocycles. The van der Waals surface area contributed by atoms with Crippen LogP contribution < -0.4 is 5.73 Å². The van der Waals surface area contributed by atoms with Crippen LogP contribution >= 0.6 is 11.3 Å². The molecular weight excluding hydrogens is 280 g/mol. The Morgan fingerprint density at radius 3 is 2.48 bits per heavy atom. The zero-order valence-corrected chi connectivity index (χ0v) is 12.8. The van der Waals surface area contributed by atoms with E-state index >= 15 is 0 Å². The Kier molecular flexibility index (Phi) is 3.66. The number of anilines is 1. The van der Waals surface area contributed by atoms with Crippen molar-refractivity contribution in [2.75, 3.05) is 5.73 Å². The van der Waals surface area contributed by atoms with Crippen molar-refractivity contribution in [2.24, 2.45) is 0 Å². The van der Waals surface area contributed by atoms with Gasteiger partial charge in [0.05, 0.1) is 12.1 Å². The Hall–Kier alpha value is -2.27. The molecule has 2 aromatic heterocycles. The predicted molar refractivity (Wildman–Crippen MR) is 86.3 cm³/mol. The van der Waals surface area contributed by atoms with Crippen molar-refractivity contribution in [3.63, 3.8) is 0 Å². The van der Waals surface area contributed by atoms with Crippen molar-refractivity contribution in [1.82, 2.24) is 15.0 Å². The molecule has 0 saturated heterocycles. The van der Waals surface area contributed by atoms with Gasteiger partial charge < -0.3 is 5.73 Å². The topological polar surface area (TPSA) is 64.7 Å². The lowest BCUT2D eigenvalue weighted by atomic mass is 10.1. The van der Waals surface area contributed by atoms with Crippen LogP contribution in [-0.4, -0.2) is 15.0 Å². The number of rotatable bonds is 3. The molecule has 0 aliphatic rings. The Balaban J connectivity index is 2.01. The van der Waals surface area contributed by atoms with E-state index in [0.717, 1.165) is 27.5 Å². The first-order valence-corrected chi connectivity index (χ1v) is 7.61. The minimum absolute atomic E-state index is 0.534. The number of thiazole rings is 1. The minimum atomic E-state index is 0.534. The molecule has 0 bridgehead atoms. The maximum Gasteiger partial charge on any atom is 0.138 e. The van der Waals surface area contributed by atoms with Crippen LogP contribution in [0.4, 0.5) is 5.82 Å². The van der Waals surface area contributed by atoms with Gasteiger partial charge >= 0.3 is 0 Å². The van der Waals surface area contributed by atoms with Crippen molar-refractivity contribution in [3.8, 4) is 11.3 Å². The second-order valence-electron chi connectivity index (χ2n) is 4.92. The van der Waals surface area contributed by atoms with Crippen LogP contribution in [-0.2, 0) is 6.42 Å². The molecule has 5 heteroatoms. The summed E-state index contributed by atoms with van der Waals surface area (Å²) in [5, 5.41) is 3.04. The monoisotopic (exact) mass is 296 g/mol. The fourth-order valence-corrected chi connectivity index (χ4v) is 2.93. The van der Waals surface area contributed by atoms with Gasteiger partial charge in [0.15, 0.2) is 0 Å². The molecule has 0 amide bonds. The molecule has 0 aliphatic heterocycles. The minimum Gasteiger partial charge on any atom is -0.383 e. The maximum absolute atomic E-state index is 6.05. The lowest BCUT2D eigenvalue weighted by molar-refractivity contribution is 0.952. The van der Waals surface area contributed by atoms with Gasteiger partial charge in [-0.15, -0.1) is 11.3 Å². The molecule has 3 rings (SSSR count). The van der Waals surface area contributed by atoms with Crippen molar-refractivity contribution in [1.29, 1.82) is 0 Å². The molecule has 3 aromatic rings. The molecule has 0 radical (unpaired) electrons. The number of nitrogens with zero attached hydrogens (tertiary/aromatic N) is 3. The molecule has 4 nitrogen and oxygen atoms in total. The van der Waals surface area contributed by atoms with Gasteiger partial charge in [-0.2, -0.15) is 0 Å². The van der Waals surface area contributed by atoms with E-state index in [2.05, 4.69) is 15.0 Å². The highest BCUT2D eigenvalue weighted by Crippen LogP contribution is 2.25. The zero-order valence-electron chi connectivity index (χ0n) is 12.0. The number of aryl methyl sites for hydroxylation is 1. The summed E-state index contributed by atoms with van der Waals surface area (Å²) in [5.74, 6) is 1.25. The highest BCUT2D eigenvalue weighted by molar-refractivity contribution is 7.09. The fourth-order valence-electron chi connectivity index (χ4n) is 2.16. The molecule has 1 aromatic carbocycles. The third kappa shape index (κ3) is 2.92. The highest BCUT2D eigenvalue weighted by Gasteiger charge is 2.12. The lowest BCUT2D eigenvalue weighted by Crippen LogP contribution is -2.05. The van der Waals surface area contributed by atoms with Crippen LogP contribution in [0.1, 0.15) is 22.1 Å². The van der Waals surface area contributed by atoms with Crippen LogP contribution in [0.15, 0.2) is 35.7 Å². The lowest BCUT2D eigenvalue weighted by Gasteiger charge is -2.09. The second-order valence-corrected chi connectivity index (χ2v) is 5.87. The third-order valence-corrected chi connectivity index (χ3v) is 4.22. The van der Waals surface area contributed by atoms with E-state index < -0.39 is 0 Å². The smallest absolute Gasteiger partial charge is 0.138 e. The Morgan fingerprint density at radius 2 is 1.81 bits per heavy atom. The third-order valence-electron chi connectivity index (χ3n) is 3.25. The van der Waals surface area contributed by atoms with Crippen molar-refractivity contribution in [3.05, 3.63) is 57.8 Å². The quantitative estimate of drug-likeness (QED) is 0.804. The normalized spacial score (nSPS) is 10.8. The summed E-state index contributed by atoms with van der Waals surface area (Å²) in [6.07, 6.45) is 0.614. The first-order valence-electron chi connectivity index (χ1n) is 6.73. The summed E-state index contributed by atoms with van der Waals surface area (Å²) in [4.78, 5) is 13.5. The summed E-state index contributed by atoms with van der Waals surface area (Å²) in [7, 11) is 0. The summed E-state index contributed by atoms with van der Waals surface area (Å²) >= 11 is 1.62. The van der Waals surface area contributed by atoms with Crippen LogP contribution in [0.5, 0.6) is 0 Å². The van der Waals surface area contributed by atoms with Gasteiger partial charge in [-0.1, -0.05) is 30.3 Å². The predicted octanol–water partition coefficient (Wildman–Crippen LogP) is 3.39. The van der Waals surface area contributed by atoms with Crippen LogP contribution in [0.25, 0.3) is 11.3 Å². The molecule has 0 atom stereocenters. The number of aromatic nitrogens is 3. The largest absolute Gasteiger partial charge is 0.383 e. The van der Waals surface area contributed by atoms with Gasteiger partial charge in [0.25, 0.3) is 0 Å². The Bertz CT molecular complexity index is 765. The zero-order chi connectivity index (χ0) is 14.8. The van der Waals surface area contributed by atoms with Crippen molar-refractivity contribution >= 4 is 17.2 Å².